The molecule has 1 aliphatic carbocycles. The zero-order valence-electron chi connectivity index (χ0n) is 15.8. The molecule has 0 unspecified atom stereocenters. The summed E-state index contributed by atoms with van der Waals surface area (Å²) in [6.07, 6.45) is 6.23. The summed E-state index contributed by atoms with van der Waals surface area (Å²) in [6, 6.07) is 9.23. The summed E-state index contributed by atoms with van der Waals surface area (Å²) in [4.78, 5) is 8.37. The van der Waals surface area contributed by atoms with Crippen molar-refractivity contribution in [3.63, 3.8) is 0 Å². The smallest absolute Gasteiger partial charge is 0.242 e. The van der Waals surface area contributed by atoms with Crippen LogP contribution in [-0.2, 0) is 10.0 Å². The van der Waals surface area contributed by atoms with E-state index in [0.717, 1.165) is 42.3 Å². The Morgan fingerprint density at radius 3 is 2.47 bits per heavy atom. The molecule has 0 atom stereocenters. The summed E-state index contributed by atoms with van der Waals surface area (Å²) in [5.41, 5.74) is 1.86. The van der Waals surface area contributed by atoms with Crippen LogP contribution in [0.3, 0.4) is 0 Å². The van der Waals surface area contributed by atoms with Crippen LogP contribution in [0.1, 0.15) is 25.7 Å². The summed E-state index contributed by atoms with van der Waals surface area (Å²) >= 11 is 15.1. The molecular formula is C20H19BrCl2N4O2S. The number of hydrogen-bond acceptors (Lipinski definition) is 5. The number of nitrogens with zero attached hydrogens (tertiary/aromatic N) is 2. The molecule has 0 aliphatic heterocycles. The molecule has 3 aromatic rings. The van der Waals surface area contributed by atoms with Crippen molar-refractivity contribution in [3.05, 3.63) is 57.4 Å². The van der Waals surface area contributed by atoms with Gasteiger partial charge in [-0.3, -0.25) is 4.98 Å². The van der Waals surface area contributed by atoms with Crippen molar-refractivity contribution in [1.82, 2.24) is 14.7 Å². The summed E-state index contributed by atoms with van der Waals surface area (Å²) in [7, 11) is -3.65. The number of nitrogens with one attached hydrogen (secondary N) is 2. The number of pyridine rings is 2. The summed E-state index contributed by atoms with van der Waals surface area (Å²) in [5, 5.41) is 5.48. The van der Waals surface area contributed by atoms with Crippen molar-refractivity contribution in [2.24, 2.45) is 0 Å². The summed E-state index contributed by atoms with van der Waals surface area (Å²) in [6.45, 7) is 0. The Morgan fingerprint density at radius 2 is 1.73 bits per heavy atom. The van der Waals surface area contributed by atoms with E-state index >= 15 is 0 Å². The summed E-state index contributed by atoms with van der Waals surface area (Å²) < 4.78 is 28.6. The third kappa shape index (κ3) is 4.89. The molecule has 158 valence electrons. The molecule has 0 amide bonds. The second-order valence-electron chi connectivity index (χ2n) is 7.28. The van der Waals surface area contributed by atoms with Crippen LogP contribution in [0, 0.1) is 0 Å². The standard InChI is InChI=1S/C20H19BrCl2N4O2S/c21-17-10-15(11-25-20(17)23)30(28,29)27-14-4-2-13(3-5-14)26-18-7-8-24-19-9-12(22)1-6-16(18)19/h1,6-11,13-14,27H,2-5H2,(H,24,26)/t13-,14+. The van der Waals surface area contributed by atoms with Gasteiger partial charge in [-0.15, -0.1) is 0 Å². The Bertz CT molecular complexity index is 1180. The van der Waals surface area contributed by atoms with Crippen LogP contribution in [0.5, 0.6) is 0 Å². The van der Waals surface area contributed by atoms with Crippen molar-refractivity contribution in [2.75, 3.05) is 5.32 Å². The van der Waals surface area contributed by atoms with Gasteiger partial charge in [0.25, 0.3) is 0 Å². The van der Waals surface area contributed by atoms with Gasteiger partial charge in [-0.2, -0.15) is 0 Å². The molecule has 2 heterocycles. The first kappa shape index (κ1) is 21.8. The SMILES string of the molecule is O=S(=O)(N[C@H]1CC[C@@H](Nc2ccnc3cc(Cl)ccc23)CC1)c1cnc(Cl)c(Br)c1. The lowest BCUT2D eigenvalue weighted by atomic mass is 9.91. The van der Waals surface area contributed by atoms with E-state index in [-0.39, 0.29) is 22.1 Å². The lowest BCUT2D eigenvalue weighted by molar-refractivity contribution is 0.387. The van der Waals surface area contributed by atoms with Crippen LogP contribution in [-0.4, -0.2) is 30.5 Å². The highest BCUT2D eigenvalue weighted by molar-refractivity contribution is 9.10. The maximum atomic E-state index is 12.7. The normalized spacial score (nSPS) is 19.7. The van der Waals surface area contributed by atoms with Crippen LogP contribution < -0.4 is 10.0 Å². The molecule has 2 aromatic heterocycles. The molecule has 2 N–H and O–H groups in total. The van der Waals surface area contributed by atoms with Crippen molar-refractivity contribution in [1.29, 1.82) is 0 Å². The van der Waals surface area contributed by atoms with Gasteiger partial charge in [0, 0.05) is 40.6 Å². The van der Waals surface area contributed by atoms with E-state index in [0.29, 0.717) is 9.50 Å². The topological polar surface area (TPSA) is 84.0 Å². The fourth-order valence-corrected chi connectivity index (χ4v) is 5.71. The molecular weight excluding hydrogens is 511 g/mol. The number of aromatic nitrogens is 2. The Labute approximate surface area is 193 Å². The van der Waals surface area contributed by atoms with E-state index in [1.807, 2.05) is 24.3 Å². The van der Waals surface area contributed by atoms with Crippen LogP contribution in [0.2, 0.25) is 10.2 Å². The second-order valence-corrected chi connectivity index (χ2v) is 10.6. The van der Waals surface area contributed by atoms with Crippen LogP contribution in [0.25, 0.3) is 10.9 Å². The number of anilines is 1. The first-order valence-corrected chi connectivity index (χ1v) is 12.5. The van der Waals surface area contributed by atoms with Crippen molar-refractivity contribution < 1.29 is 8.42 Å². The first-order valence-electron chi connectivity index (χ1n) is 9.46. The van der Waals surface area contributed by atoms with Gasteiger partial charge in [0.05, 0.1) is 9.99 Å². The molecule has 4 rings (SSSR count). The Balaban J connectivity index is 1.39. The quantitative estimate of drug-likeness (QED) is 0.432. The lowest BCUT2D eigenvalue weighted by Crippen LogP contribution is -2.40. The highest BCUT2D eigenvalue weighted by atomic mass is 79.9. The fourth-order valence-electron chi connectivity index (χ4n) is 3.66. The largest absolute Gasteiger partial charge is 0.382 e. The molecule has 10 heteroatoms. The van der Waals surface area contributed by atoms with Crippen molar-refractivity contribution in [3.8, 4) is 0 Å². The monoisotopic (exact) mass is 528 g/mol. The number of halogens is 3. The molecule has 1 aliphatic rings. The highest BCUT2D eigenvalue weighted by Crippen LogP contribution is 2.29. The van der Waals surface area contributed by atoms with Gasteiger partial charge in [0.2, 0.25) is 10.0 Å². The van der Waals surface area contributed by atoms with Crippen molar-refractivity contribution >= 4 is 65.7 Å². The van der Waals surface area contributed by atoms with E-state index in [4.69, 9.17) is 23.2 Å². The molecule has 1 fully saturated rings. The van der Waals surface area contributed by atoms with E-state index in [2.05, 4.69) is 35.9 Å². The zero-order chi connectivity index (χ0) is 21.3. The van der Waals surface area contributed by atoms with Gasteiger partial charge >= 0.3 is 0 Å². The minimum atomic E-state index is -3.65. The van der Waals surface area contributed by atoms with E-state index in [1.165, 1.54) is 12.3 Å². The Hall–Kier alpha value is -1.45. The number of rotatable bonds is 5. The average molecular weight is 530 g/mol. The average Bonchev–Trinajstić information content (AvgIpc) is 2.71. The molecule has 0 saturated heterocycles. The van der Waals surface area contributed by atoms with Gasteiger partial charge in [0.15, 0.2) is 0 Å². The van der Waals surface area contributed by atoms with Gasteiger partial charge in [0.1, 0.15) is 10.0 Å². The third-order valence-electron chi connectivity index (χ3n) is 5.19. The number of hydrogen-bond donors (Lipinski definition) is 2. The summed E-state index contributed by atoms with van der Waals surface area (Å²) in [5.74, 6) is 0. The predicted octanol–water partition coefficient (Wildman–Crippen LogP) is 5.40. The fraction of sp³-hybridized carbons (Fsp3) is 0.300. The second kappa shape index (κ2) is 8.96. The highest BCUT2D eigenvalue weighted by Gasteiger charge is 2.26. The van der Waals surface area contributed by atoms with Gasteiger partial charge in [-0.05, 0) is 71.9 Å². The first-order chi connectivity index (χ1) is 14.3. The molecule has 0 bridgehead atoms. The van der Waals surface area contributed by atoms with Gasteiger partial charge in [-0.1, -0.05) is 23.2 Å². The number of benzene rings is 1. The van der Waals surface area contributed by atoms with Gasteiger partial charge in [-0.25, -0.2) is 18.1 Å². The molecule has 6 nitrogen and oxygen atoms in total. The maximum Gasteiger partial charge on any atom is 0.242 e. The third-order valence-corrected chi connectivity index (χ3v) is 8.05. The van der Waals surface area contributed by atoms with E-state index in [1.54, 1.807) is 6.20 Å². The van der Waals surface area contributed by atoms with E-state index in [9.17, 15) is 8.42 Å². The molecule has 1 saturated carbocycles. The number of sulfonamides is 1. The minimum absolute atomic E-state index is 0.0981. The zero-order valence-corrected chi connectivity index (χ0v) is 19.7. The lowest BCUT2D eigenvalue weighted by Gasteiger charge is -2.30. The predicted molar refractivity (Wildman–Crippen MR) is 124 cm³/mol. The minimum Gasteiger partial charge on any atom is -0.382 e. The Kier molecular flexibility index (Phi) is 6.50. The molecule has 30 heavy (non-hydrogen) atoms. The molecule has 0 spiro atoms. The molecule has 0 radical (unpaired) electrons. The Morgan fingerprint density at radius 1 is 1.00 bits per heavy atom. The van der Waals surface area contributed by atoms with Crippen LogP contribution in [0.4, 0.5) is 5.69 Å². The van der Waals surface area contributed by atoms with Crippen LogP contribution >= 0.6 is 39.1 Å². The number of fused-ring (bicyclic) bond motifs is 1. The van der Waals surface area contributed by atoms with Gasteiger partial charge < -0.3 is 5.32 Å². The van der Waals surface area contributed by atoms with Crippen molar-refractivity contribution in [2.45, 2.75) is 42.7 Å². The maximum absolute atomic E-state index is 12.7. The van der Waals surface area contributed by atoms with E-state index < -0.39 is 10.0 Å². The van der Waals surface area contributed by atoms with Crippen LogP contribution in [0.15, 0.2) is 52.1 Å². The molecule has 1 aromatic carbocycles.